The fourth-order valence-electron chi connectivity index (χ4n) is 2.52. The van der Waals surface area contributed by atoms with Crippen molar-refractivity contribution in [2.45, 2.75) is 11.8 Å². The Labute approximate surface area is 147 Å². The standard InChI is InChI=1S/C18H21N3O3S/c1-13-6-8-15(9-7-13)25(23,24)21-17-5-3-2-4-16(17)18(22)20-12-14-10-19-11-14/h2-9,14,19,21H,10-12H2,1H3,(H,20,22). The molecule has 0 radical (unpaired) electrons. The maximum absolute atomic E-state index is 12.6. The molecule has 0 unspecified atom stereocenters. The minimum Gasteiger partial charge on any atom is -0.352 e. The molecule has 1 heterocycles. The van der Waals surface area contributed by atoms with E-state index in [-0.39, 0.29) is 16.5 Å². The summed E-state index contributed by atoms with van der Waals surface area (Å²) in [5.74, 6) is 0.148. The molecular formula is C18H21N3O3S. The molecule has 0 saturated carbocycles. The summed E-state index contributed by atoms with van der Waals surface area (Å²) in [6.07, 6.45) is 0. The Morgan fingerprint density at radius 2 is 1.80 bits per heavy atom. The Morgan fingerprint density at radius 3 is 2.44 bits per heavy atom. The Kier molecular flexibility index (Phi) is 5.06. The lowest BCUT2D eigenvalue weighted by atomic mass is 10.0. The van der Waals surface area contributed by atoms with Crippen molar-refractivity contribution < 1.29 is 13.2 Å². The number of amides is 1. The molecule has 0 bridgehead atoms. The summed E-state index contributed by atoms with van der Waals surface area (Å²) in [6, 6.07) is 13.2. The highest BCUT2D eigenvalue weighted by Gasteiger charge is 2.21. The van der Waals surface area contributed by atoms with Gasteiger partial charge in [-0.15, -0.1) is 0 Å². The first-order chi connectivity index (χ1) is 12.0. The molecule has 3 N–H and O–H groups in total. The predicted molar refractivity (Wildman–Crippen MR) is 97.1 cm³/mol. The van der Waals surface area contributed by atoms with E-state index in [1.165, 1.54) is 0 Å². The normalized spacial score (nSPS) is 14.6. The van der Waals surface area contributed by atoms with Crippen molar-refractivity contribution >= 4 is 21.6 Å². The van der Waals surface area contributed by atoms with Crippen molar-refractivity contribution in [2.75, 3.05) is 24.4 Å². The topological polar surface area (TPSA) is 87.3 Å². The predicted octanol–water partition coefficient (Wildman–Crippen LogP) is 1.75. The average molecular weight is 359 g/mol. The van der Waals surface area contributed by atoms with Gasteiger partial charge in [0, 0.05) is 25.6 Å². The second-order valence-corrected chi connectivity index (χ2v) is 7.88. The first-order valence-corrected chi connectivity index (χ1v) is 9.61. The molecule has 3 rings (SSSR count). The number of carbonyl (C=O) groups excluding carboxylic acids is 1. The molecule has 1 amide bonds. The highest BCUT2D eigenvalue weighted by Crippen LogP contribution is 2.20. The summed E-state index contributed by atoms with van der Waals surface area (Å²) >= 11 is 0. The second kappa shape index (κ2) is 7.25. The molecule has 1 fully saturated rings. The number of rotatable bonds is 6. The number of sulfonamides is 1. The molecule has 2 aromatic carbocycles. The average Bonchev–Trinajstić information content (AvgIpc) is 2.54. The summed E-state index contributed by atoms with van der Waals surface area (Å²) in [5, 5.41) is 6.01. The van der Waals surface area contributed by atoms with Gasteiger partial charge in [0.15, 0.2) is 0 Å². The Hall–Kier alpha value is -2.38. The molecule has 0 atom stereocenters. The minimum absolute atomic E-state index is 0.161. The third-order valence-electron chi connectivity index (χ3n) is 4.16. The molecule has 0 aliphatic carbocycles. The Morgan fingerprint density at radius 1 is 1.12 bits per heavy atom. The van der Waals surface area contributed by atoms with Crippen LogP contribution in [0, 0.1) is 12.8 Å². The van der Waals surface area contributed by atoms with Crippen LogP contribution in [-0.4, -0.2) is 34.0 Å². The zero-order valence-electron chi connectivity index (χ0n) is 14.0. The van der Waals surface area contributed by atoms with Crippen LogP contribution < -0.4 is 15.4 Å². The lowest BCUT2D eigenvalue weighted by Crippen LogP contribution is -2.48. The summed E-state index contributed by atoms with van der Waals surface area (Å²) < 4.78 is 27.6. The van der Waals surface area contributed by atoms with Gasteiger partial charge in [-0.1, -0.05) is 29.8 Å². The molecule has 0 aromatic heterocycles. The van der Waals surface area contributed by atoms with E-state index in [4.69, 9.17) is 0 Å². The van der Waals surface area contributed by atoms with Crippen molar-refractivity contribution in [3.8, 4) is 0 Å². The van der Waals surface area contributed by atoms with Gasteiger partial charge in [0.1, 0.15) is 0 Å². The van der Waals surface area contributed by atoms with Gasteiger partial charge in [0.25, 0.3) is 15.9 Å². The first-order valence-electron chi connectivity index (χ1n) is 8.13. The fraction of sp³-hybridized carbons (Fsp3) is 0.278. The van der Waals surface area contributed by atoms with Crippen LogP contribution in [-0.2, 0) is 10.0 Å². The van der Waals surface area contributed by atoms with E-state index in [0.29, 0.717) is 18.0 Å². The third kappa shape index (κ3) is 4.18. The van der Waals surface area contributed by atoms with Crippen molar-refractivity contribution in [3.05, 3.63) is 59.7 Å². The number of hydrogen-bond acceptors (Lipinski definition) is 4. The van der Waals surface area contributed by atoms with E-state index < -0.39 is 10.0 Å². The second-order valence-electron chi connectivity index (χ2n) is 6.20. The van der Waals surface area contributed by atoms with Crippen LogP contribution in [0.4, 0.5) is 5.69 Å². The number of anilines is 1. The van der Waals surface area contributed by atoms with Gasteiger partial charge in [-0.25, -0.2) is 8.42 Å². The summed E-state index contributed by atoms with van der Waals surface area (Å²) in [6.45, 7) is 4.25. The highest BCUT2D eigenvalue weighted by molar-refractivity contribution is 7.92. The SMILES string of the molecule is Cc1ccc(S(=O)(=O)Nc2ccccc2C(=O)NCC2CNC2)cc1. The zero-order chi connectivity index (χ0) is 17.9. The monoisotopic (exact) mass is 359 g/mol. The molecular weight excluding hydrogens is 338 g/mol. The van der Waals surface area contributed by atoms with E-state index in [2.05, 4.69) is 15.4 Å². The molecule has 2 aromatic rings. The van der Waals surface area contributed by atoms with Gasteiger partial charge in [0.2, 0.25) is 0 Å². The largest absolute Gasteiger partial charge is 0.352 e. The maximum Gasteiger partial charge on any atom is 0.261 e. The molecule has 7 heteroatoms. The number of hydrogen-bond donors (Lipinski definition) is 3. The van der Waals surface area contributed by atoms with Gasteiger partial charge in [-0.05, 0) is 31.2 Å². The van der Waals surface area contributed by atoms with Crippen LogP contribution in [0.1, 0.15) is 15.9 Å². The first kappa shape index (κ1) is 17.4. The van der Waals surface area contributed by atoms with E-state index in [9.17, 15) is 13.2 Å². The highest BCUT2D eigenvalue weighted by atomic mass is 32.2. The quantitative estimate of drug-likeness (QED) is 0.733. The number of benzene rings is 2. The van der Waals surface area contributed by atoms with Crippen LogP contribution in [0.15, 0.2) is 53.4 Å². The van der Waals surface area contributed by atoms with E-state index in [1.54, 1.807) is 48.5 Å². The fourth-order valence-corrected chi connectivity index (χ4v) is 3.60. The van der Waals surface area contributed by atoms with E-state index in [0.717, 1.165) is 18.7 Å². The van der Waals surface area contributed by atoms with Crippen molar-refractivity contribution in [1.82, 2.24) is 10.6 Å². The van der Waals surface area contributed by atoms with Crippen LogP contribution in [0.25, 0.3) is 0 Å². The smallest absolute Gasteiger partial charge is 0.261 e. The molecule has 0 spiro atoms. The van der Waals surface area contributed by atoms with E-state index >= 15 is 0 Å². The number of aryl methyl sites for hydroxylation is 1. The van der Waals surface area contributed by atoms with Gasteiger partial charge < -0.3 is 10.6 Å². The number of para-hydroxylation sites is 1. The van der Waals surface area contributed by atoms with Gasteiger partial charge >= 0.3 is 0 Å². The Bertz CT molecular complexity index is 859. The van der Waals surface area contributed by atoms with Crippen LogP contribution in [0.3, 0.4) is 0 Å². The Balaban J connectivity index is 1.77. The van der Waals surface area contributed by atoms with Crippen LogP contribution >= 0.6 is 0 Å². The molecule has 132 valence electrons. The molecule has 25 heavy (non-hydrogen) atoms. The van der Waals surface area contributed by atoms with Crippen LogP contribution in [0.2, 0.25) is 0 Å². The zero-order valence-corrected chi connectivity index (χ0v) is 14.8. The third-order valence-corrected chi connectivity index (χ3v) is 5.55. The van der Waals surface area contributed by atoms with Gasteiger partial charge in [-0.2, -0.15) is 0 Å². The number of nitrogens with one attached hydrogen (secondary N) is 3. The van der Waals surface area contributed by atoms with Gasteiger partial charge in [-0.3, -0.25) is 9.52 Å². The lowest BCUT2D eigenvalue weighted by Gasteiger charge is -2.27. The van der Waals surface area contributed by atoms with Gasteiger partial charge in [0.05, 0.1) is 16.1 Å². The van der Waals surface area contributed by atoms with Crippen molar-refractivity contribution in [3.63, 3.8) is 0 Å². The maximum atomic E-state index is 12.6. The molecule has 1 saturated heterocycles. The van der Waals surface area contributed by atoms with E-state index in [1.807, 2.05) is 6.92 Å². The summed E-state index contributed by atoms with van der Waals surface area (Å²) in [7, 11) is -3.75. The molecule has 6 nitrogen and oxygen atoms in total. The van der Waals surface area contributed by atoms with Crippen molar-refractivity contribution in [2.24, 2.45) is 5.92 Å². The molecule has 1 aliphatic heterocycles. The molecule has 1 aliphatic rings. The lowest BCUT2D eigenvalue weighted by molar-refractivity contribution is 0.0943. The summed E-state index contributed by atoms with van der Waals surface area (Å²) in [4.78, 5) is 12.6. The van der Waals surface area contributed by atoms with Crippen LogP contribution in [0.5, 0.6) is 0 Å². The summed E-state index contributed by atoms with van der Waals surface area (Å²) in [5.41, 5.74) is 1.56. The number of carbonyl (C=O) groups is 1. The minimum atomic E-state index is -3.75. The van der Waals surface area contributed by atoms with Crippen molar-refractivity contribution in [1.29, 1.82) is 0 Å².